The van der Waals surface area contributed by atoms with E-state index in [1.54, 1.807) is 0 Å². The first-order chi connectivity index (χ1) is 22.7. The molecule has 0 heterocycles. The number of rotatable bonds is 5. The van der Waals surface area contributed by atoms with E-state index in [0.717, 1.165) is 21.6 Å². The Morgan fingerprint density at radius 3 is 1.59 bits per heavy atom. The van der Waals surface area contributed by atoms with Crippen LogP contribution in [0.3, 0.4) is 0 Å². The maximum Gasteiger partial charge on any atom is -0.00262 e. The van der Waals surface area contributed by atoms with Gasteiger partial charge in [0.15, 0.2) is 0 Å². The fourth-order valence-electron chi connectivity index (χ4n) is 7.08. The van der Waals surface area contributed by atoms with E-state index in [9.17, 15) is 0 Å². The van der Waals surface area contributed by atoms with E-state index in [4.69, 9.17) is 0 Å². The molecule has 0 nitrogen and oxygen atoms in total. The minimum Gasteiger partial charge on any atom is -0.0984 e. The zero-order valence-electron chi connectivity index (χ0n) is 25.6. The third-order valence-electron chi connectivity index (χ3n) is 9.16. The molecular formula is C46H32. The Balaban J connectivity index is 1.38. The SMILES string of the molecule is C=C/C(c1cccc(-c2c3ccccc3c(-c3cccc(-c4cccc5ccccc45)c3)c3ccccc23)c1)=c1/ccccc1=C. The molecule has 0 saturated heterocycles. The molecular weight excluding hydrogens is 553 g/mol. The molecule has 0 radical (unpaired) electrons. The van der Waals surface area contributed by atoms with Crippen molar-refractivity contribution < 1.29 is 0 Å². The van der Waals surface area contributed by atoms with Gasteiger partial charge in [-0.3, -0.25) is 0 Å². The van der Waals surface area contributed by atoms with Gasteiger partial charge >= 0.3 is 0 Å². The molecule has 0 spiro atoms. The van der Waals surface area contributed by atoms with Crippen LogP contribution in [-0.4, -0.2) is 0 Å². The van der Waals surface area contributed by atoms with Crippen LogP contribution in [-0.2, 0) is 0 Å². The second kappa shape index (κ2) is 11.5. The molecule has 0 saturated carbocycles. The highest BCUT2D eigenvalue weighted by Gasteiger charge is 2.17. The number of benzene rings is 8. The number of hydrogen-bond acceptors (Lipinski definition) is 0. The van der Waals surface area contributed by atoms with Crippen LogP contribution < -0.4 is 10.4 Å². The Hall–Kier alpha value is -5.98. The maximum atomic E-state index is 4.29. The summed E-state index contributed by atoms with van der Waals surface area (Å²) in [5.74, 6) is 0. The van der Waals surface area contributed by atoms with E-state index in [0.29, 0.717) is 0 Å². The van der Waals surface area contributed by atoms with Crippen molar-refractivity contribution in [3.8, 4) is 33.4 Å². The highest BCUT2D eigenvalue weighted by Crippen LogP contribution is 2.44. The van der Waals surface area contributed by atoms with Crippen LogP contribution in [0.25, 0.3) is 77.9 Å². The molecule has 0 amide bonds. The van der Waals surface area contributed by atoms with Crippen LogP contribution in [0.1, 0.15) is 5.56 Å². The first-order valence-corrected chi connectivity index (χ1v) is 15.7. The van der Waals surface area contributed by atoms with Crippen molar-refractivity contribution >= 4 is 44.5 Å². The van der Waals surface area contributed by atoms with Gasteiger partial charge in [0.1, 0.15) is 0 Å². The zero-order chi connectivity index (χ0) is 31.0. The van der Waals surface area contributed by atoms with Gasteiger partial charge < -0.3 is 0 Å². The molecule has 216 valence electrons. The largest absolute Gasteiger partial charge is 0.0984 e. The molecule has 8 aromatic rings. The predicted molar refractivity (Wildman–Crippen MR) is 199 cm³/mol. The van der Waals surface area contributed by atoms with Gasteiger partial charge in [0.25, 0.3) is 0 Å². The lowest BCUT2D eigenvalue weighted by Crippen LogP contribution is -2.24. The Morgan fingerprint density at radius 2 is 0.935 bits per heavy atom. The molecule has 0 N–H and O–H groups in total. The third kappa shape index (κ3) is 4.64. The molecule has 0 atom stereocenters. The van der Waals surface area contributed by atoms with Gasteiger partial charge in [-0.25, -0.2) is 0 Å². The van der Waals surface area contributed by atoms with Crippen molar-refractivity contribution in [2.24, 2.45) is 0 Å². The van der Waals surface area contributed by atoms with Crippen LogP contribution in [0.2, 0.25) is 0 Å². The lowest BCUT2D eigenvalue weighted by Gasteiger charge is -2.19. The summed E-state index contributed by atoms with van der Waals surface area (Å²) >= 11 is 0. The van der Waals surface area contributed by atoms with Crippen LogP contribution in [0.5, 0.6) is 0 Å². The predicted octanol–water partition coefficient (Wildman–Crippen LogP) is 10.9. The van der Waals surface area contributed by atoms with Crippen molar-refractivity contribution in [3.05, 3.63) is 192 Å². The molecule has 0 aromatic heterocycles. The van der Waals surface area contributed by atoms with Crippen molar-refractivity contribution in [1.29, 1.82) is 0 Å². The fraction of sp³-hybridized carbons (Fsp3) is 0. The first-order valence-electron chi connectivity index (χ1n) is 15.7. The molecule has 46 heavy (non-hydrogen) atoms. The number of allylic oxidation sites excluding steroid dienone is 1. The molecule has 0 unspecified atom stereocenters. The molecule has 8 aromatic carbocycles. The molecule has 0 aliphatic carbocycles. The molecule has 0 aliphatic heterocycles. The van der Waals surface area contributed by atoms with Crippen molar-refractivity contribution in [2.45, 2.75) is 0 Å². The third-order valence-corrected chi connectivity index (χ3v) is 9.16. The van der Waals surface area contributed by atoms with Gasteiger partial charge in [-0.1, -0.05) is 171 Å². The van der Waals surface area contributed by atoms with E-state index in [1.165, 1.54) is 65.7 Å². The van der Waals surface area contributed by atoms with Gasteiger partial charge in [-0.15, -0.1) is 0 Å². The molecule has 0 bridgehead atoms. The monoisotopic (exact) mass is 584 g/mol. The van der Waals surface area contributed by atoms with Crippen molar-refractivity contribution in [3.63, 3.8) is 0 Å². The summed E-state index contributed by atoms with van der Waals surface area (Å²) in [5.41, 5.74) is 9.59. The summed E-state index contributed by atoms with van der Waals surface area (Å²) in [6.45, 7) is 8.47. The number of hydrogen-bond donors (Lipinski definition) is 0. The molecule has 0 aliphatic rings. The summed E-state index contributed by atoms with van der Waals surface area (Å²) in [5, 5.41) is 9.58. The number of fused-ring (bicyclic) bond motifs is 3. The van der Waals surface area contributed by atoms with Crippen LogP contribution in [0, 0.1) is 0 Å². The van der Waals surface area contributed by atoms with E-state index < -0.39 is 0 Å². The Morgan fingerprint density at radius 1 is 0.435 bits per heavy atom. The molecule has 0 fully saturated rings. The Kier molecular flexibility index (Phi) is 6.89. The fourth-order valence-corrected chi connectivity index (χ4v) is 7.08. The van der Waals surface area contributed by atoms with Gasteiger partial charge in [0.2, 0.25) is 0 Å². The minimum atomic E-state index is 0.994. The van der Waals surface area contributed by atoms with Crippen LogP contribution in [0.4, 0.5) is 0 Å². The van der Waals surface area contributed by atoms with E-state index in [-0.39, 0.29) is 0 Å². The molecule has 0 heteroatoms. The smallest absolute Gasteiger partial charge is 0.00262 e. The lowest BCUT2D eigenvalue weighted by atomic mass is 9.84. The zero-order valence-corrected chi connectivity index (χ0v) is 25.6. The summed E-state index contributed by atoms with van der Waals surface area (Å²) in [4.78, 5) is 0. The highest BCUT2D eigenvalue weighted by atomic mass is 14.2. The quantitative estimate of drug-likeness (QED) is 0.177. The average molecular weight is 585 g/mol. The van der Waals surface area contributed by atoms with Gasteiger partial charge in [-0.05, 0) is 99.4 Å². The second-order valence-corrected chi connectivity index (χ2v) is 11.8. The maximum absolute atomic E-state index is 4.29. The summed E-state index contributed by atoms with van der Waals surface area (Å²) in [6.07, 6.45) is 1.95. The topological polar surface area (TPSA) is 0 Å². The van der Waals surface area contributed by atoms with E-state index in [1.807, 2.05) is 12.1 Å². The van der Waals surface area contributed by atoms with E-state index >= 15 is 0 Å². The lowest BCUT2D eigenvalue weighted by molar-refractivity contribution is 1.48. The summed E-state index contributed by atoms with van der Waals surface area (Å²) in [6, 6.07) is 59.1. The van der Waals surface area contributed by atoms with Crippen LogP contribution >= 0.6 is 0 Å². The Labute approximate surface area is 269 Å². The standard InChI is InChI=1S/C46H32/c1-3-37(38-22-6-4-15-31(38)2)33-18-12-20-35(29-33)45-41-24-8-10-26-43(41)46(44-27-11-9-25-42(44)45)36-21-13-19-34(30-36)40-28-14-17-32-16-5-7-23-39(32)40/h3-30H,1-2H2/b38-37+. The van der Waals surface area contributed by atoms with Crippen molar-refractivity contribution in [1.82, 2.24) is 0 Å². The highest BCUT2D eigenvalue weighted by molar-refractivity contribution is 6.21. The minimum absolute atomic E-state index is 0.994. The van der Waals surface area contributed by atoms with Gasteiger partial charge in [-0.2, -0.15) is 0 Å². The van der Waals surface area contributed by atoms with Crippen molar-refractivity contribution in [2.75, 3.05) is 0 Å². The van der Waals surface area contributed by atoms with Crippen LogP contribution in [0.15, 0.2) is 176 Å². The van der Waals surface area contributed by atoms with Gasteiger partial charge in [0.05, 0.1) is 0 Å². The van der Waals surface area contributed by atoms with Gasteiger partial charge in [0, 0.05) is 0 Å². The molecule has 8 rings (SSSR count). The second-order valence-electron chi connectivity index (χ2n) is 11.8. The average Bonchev–Trinajstić information content (AvgIpc) is 3.11. The first kappa shape index (κ1) is 27.6. The summed E-state index contributed by atoms with van der Waals surface area (Å²) in [7, 11) is 0. The Bertz CT molecular complexity index is 2500. The van der Waals surface area contributed by atoms with E-state index in [2.05, 4.69) is 171 Å². The summed E-state index contributed by atoms with van der Waals surface area (Å²) < 4.78 is 0. The normalized spacial score (nSPS) is 12.0.